The zero-order valence-electron chi connectivity index (χ0n) is 13.4. The summed E-state index contributed by atoms with van der Waals surface area (Å²) in [7, 11) is 3.30. The van der Waals surface area contributed by atoms with Gasteiger partial charge in [-0.05, 0) is 31.0 Å². The lowest BCUT2D eigenvalue weighted by molar-refractivity contribution is -0.130. The normalized spacial score (nSPS) is 16.7. The van der Waals surface area contributed by atoms with Crippen molar-refractivity contribution in [2.75, 3.05) is 39.2 Å². The fourth-order valence-corrected chi connectivity index (χ4v) is 2.76. The molecule has 6 nitrogen and oxygen atoms in total. The number of anilines is 1. The number of hydrogen-bond donors (Lipinski definition) is 2. The van der Waals surface area contributed by atoms with Crippen molar-refractivity contribution in [2.45, 2.75) is 12.8 Å². The quantitative estimate of drug-likeness (QED) is 0.875. The molecule has 1 heterocycles. The third-order valence-corrected chi connectivity index (χ3v) is 4.51. The highest BCUT2D eigenvalue weighted by Crippen LogP contribution is 2.31. The Labute approximate surface area is 140 Å². The topological polar surface area (TPSA) is 84.7 Å². The summed E-state index contributed by atoms with van der Waals surface area (Å²) in [6.45, 7) is 1.31. The van der Waals surface area contributed by atoms with E-state index in [0.717, 1.165) is 0 Å². The summed E-state index contributed by atoms with van der Waals surface area (Å²) in [5.41, 5.74) is 6.10. The number of amides is 2. The highest BCUT2D eigenvalue weighted by Gasteiger charge is 2.38. The second kappa shape index (κ2) is 7.29. The predicted molar refractivity (Wildman–Crippen MR) is 89.6 cm³/mol. The van der Waals surface area contributed by atoms with Gasteiger partial charge >= 0.3 is 0 Å². The van der Waals surface area contributed by atoms with Crippen LogP contribution < -0.4 is 11.1 Å². The first-order valence-corrected chi connectivity index (χ1v) is 7.88. The minimum atomic E-state index is -0.621. The predicted octanol–water partition coefficient (Wildman–Crippen LogP) is 1.74. The Morgan fingerprint density at radius 3 is 2.57 bits per heavy atom. The zero-order chi connectivity index (χ0) is 17.0. The minimum absolute atomic E-state index is 0.145. The molecule has 0 spiro atoms. The first-order chi connectivity index (χ1) is 10.9. The van der Waals surface area contributed by atoms with Crippen molar-refractivity contribution in [3.63, 3.8) is 0 Å². The lowest BCUT2D eigenvalue weighted by Crippen LogP contribution is -2.46. The maximum atomic E-state index is 12.6. The highest BCUT2D eigenvalue weighted by molar-refractivity contribution is 6.34. The van der Waals surface area contributed by atoms with Crippen molar-refractivity contribution < 1.29 is 14.3 Å². The van der Waals surface area contributed by atoms with Crippen molar-refractivity contribution >= 4 is 29.1 Å². The lowest BCUT2D eigenvalue weighted by Gasteiger charge is -2.34. The standard InChI is InChI=1S/C16H22ClN3O3/c1-20(2)14(21)12-9-11(3-4-13(12)17)19-15(22)16(10-18)5-7-23-8-6-16/h3-4,9H,5-8,10,18H2,1-2H3,(H,19,22). The van der Waals surface area contributed by atoms with Crippen molar-refractivity contribution in [3.8, 4) is 0 Å². The van der Waals surface area contributed by atoms with Crippen LogP contribution in [0.1, 0.15) is 23.2 Å². The Hall–Kier alpha value is -1.63. The summed E-state index contributed by atoms with van der Waals surface area (Å²) in [5, 5.41) is 3.21. The molecule has 2 rings (SSSR count). The van der Waals surface area contributed by atoms with Crippen LogP contribution in [0.25, 0.3) is 0 Å². The molecule has 1 aromatic carbocycles. The Kier molecular flexibility index (Phi) is 5.62. The number of nitrogens with one attached hydrogen (secondary N) is 1. The molecule has 23 heavy (non-hydrogen) atoms. The van der Waals surface area contributed by atoms with Gasteiger partial charge in [0.2, 0.25) is 5.91 Å². The van der Waals surface area contributed by atoms with Crippen LogP contribution in [0.15, 0.2) is 18.2 Å². The first-order valence-electron chi connectivity index (χ1n) is 7.50. The molecule has 2 amide bonds. The summed E-state index contributed by atoms with van der Waals surface area (Å²) < 4.78 is 5.32. The van der Waals surface area contributed by atoms with Gasteiger partial charge in [0.15, 0.2) is 0 Å². The van der Waals surface area contributed by atoms with E-state index in [9.17, 15) is 9.59 Å². The van der Waals surface area contributed by atoms with Crippen LogP contribution in [0.4, 0.5) is 5.69 Å². The molecule has 0 radical (unpaired) electrons. The molecule has 1 aromatic rings. The maximum absolute atomic E-state index is 12.6. The molecule has 3 N–H and O–H groups in total. The molecule has 0 bridgehead atoms. The van der Waals surface area contributed by atoms with E-state index in [4.69, 9.17) is 22.1 Å². The van der Waals surface area contributed by atoms with Crippen LogP contribution in [-0.4, -0.2) is 50.6 Å². The van der Waals surface area contributed by atoms with Crippen LogP contribution in [-0.2, 0) is 9.53 Å². The molecular weight excluding hydrogens is 318 g/mol. The second-order valence-electron chi connectivity index (χ2n) is 5.95. The number of carbonyl (C=O) groups is 2. The molecule has 1 aliphatic rings. The number of nitrogens with two attached hydrogens (primary N) is 1. The fourth-order valence-electron chi connectivity index (χ4n) is 2.56. The molecule has 0 aliphatic carbocycles. The molecule has 1 saturated heterocycles. The third kappa shape index (κ3) is 3.83. The number of rotatable bonds is 4. The fraction of sp³-hybridized carbons (Fsp3) is 0.500. The average molecular weight is 340 g/mol. The van der Waals surface area contributed by atoms with Crippen LogP contribution in [0.2, 0.25) is 5.02 Å². The third-order valence-electron chi connectivity index (χ3n) is 4.18. The summed E-state index contributed by atoms with van der Waals surface area (Å²) in [5.74, 6) is -0.362. The molecule has 0 atom stereocenters. The highest BCUT2D eigenvalue weighted by atomic mass is 35.5. The largest absolute Gasteiger partial charge is 0.381 e. The molecule has 0 unspecified atom stereocenters. The number of halogens is 1. The average Bonchev–Trinajstić information content (AvgIpc) is 2.56. The molecule has 126 valence electrons. The SMILES string of the molecule is CN(C)C(=O)c1cc(NC(=O)C2(CN)CCOCC2)ccc1Cl. The van der Waals surface area contributed by atoms with Gasteiger partial charge in [0.25, 0.3) is 5.91 Å². The number of benzene rings is 1. The molecule has 0 aromatic heterocycles. The minimum Gasteiger partial charge on any atom is -0.381 e. The van der Waals surface area contributed by atoms with E-state index >= 15 is 0 Å². The molecule has 7 heteroatoms. The van der Waals surface area contributed by atoms with Crippen LogP contribution >= 0.6 is 11.6 Å². The summed E-state index contributed by atoms with van der Waals surface area (Å²) >= 11 is 6.08. The number of hydrogen-bond acceptors (Lipinski definition) is 4. The molecule has 1 aliphatic heterocycles. The van der Waals surface area contributed by atoms with Crippen LogP contribution in [0.5, 0.6) is 0 Å². The van der Waals surface area contributed by atoms with E-state index in [0.29, 0.717) is 42.3 Å². The van der Waals surface area contributed by atoms with Crippen molar-refractivity contribution in [1.82, 2.24) is 4.90 Å². The van der Waals surface area contributed by atoms with Gasteiger partial charge in [-0.25, -0.2) is 0 Å². The van der Waals surface area contributed by atoms with Crippen molar-refractivity contribution in [2.24, 2.45) is 11.1 Å². The van der Waals surface area contributed by atoms with Crippen LogP contribution in [0, 0.1) is 5.41 Å². The summed E-state index contributed by atoms with van der Waals surface area (Å²) in [6, 6.07) is 4.87. The number of nitrogens with zero attached hydrogens (tertiary/aromatic N) is 1. The number of ether oxygens (including phenoxy) is 1. The van der Waals surface area contributed by atoms with E-state index in [1.54, 1.807) is 32.3 Å². The van der Waals surface area contributed by atoms with Gasteiger partial charge in [-0.2, -0.15) is 0 Å². The summed E-state index contributed by atoms with van der Waals surface area (Å²) in [4.78, 5) is 26.2. The van der Waals surface area contributed by atoms with E-state index in [2.05, 4.69) is 5.32 Å². The van der Waals surface area contributed by atoms with E-state index in [1.165, 1.54) is 4.90 Å². The van der Waals surface area contributed by atoms with E-state index < -0.39 is 5.41 Å². The van der Waals surface area contributed by atoms with E-state index in [-0.39, 0.29) is 18.4 Å². The van der Waals surface area contributed by atoms with Gasteiger partial charge in [-0.1, -0.05) is 11.6 Å². The summed E-state index contributed by atoms with van der Waals surface area (Å²) in [6.07, 6.45) is 1.18. The smallest absolute Gasteiger partial charge is 0.254 e. The first kappa shape index (κ1) is 17.7. The molecule has 0 saturated carbocycles. The van der Waals surface area contributed by atoms with E-state index in [1.807, 2.05) is 0 Å². The Morgan fingerprint density at radius 2 is 2.00 bits per heavy atom. The van der Waals surface area contributed by atoms with Crippen molar-refractivity contribution in [3.05, 3.63) is 28.8 Å². The van der Waals surface area contributed by atoms with Gasteiger partial charge in [-0.15, -0.1) is 0 Å². The van der Waals surface area contributed by atoms with Gasteiger partial charge in [0.1, 0.15) is 0 Å². The Balaban J connectivity index is 2.21. The molecular formula is C16H22ClN3O3. The number of carbonyl (C=O) groups excluding carboxylic acids is 2. The van der Waals surface area contributed by atoms with Gasteiger partial charge in [0, 0.05) is 39.5 Å². The maximum Gasteiger partial charge on any atom is 0.254 e. The lowest BCUT2D eigenvalue weighted by atomic mass is 9.79. The van der Waals surface area contributed by atoms with Crippen LogP contribution in [0.3, 0.4) is 0 Å². The van der Waals surface area contributed by atoms with Gasteiger partial charge in [-0.3, -0.25) is 9.59 Å². The van der Waals surface area contributed by atoms with Gasteiger partial charge in [0.05, 0.1) is 16.0 Å². The molecule has 1 fully saturated rings. The van der Waals surface area contributed by atoms with Gasteiger partial charge < -0.3 is 20.7 Å². The van der Waals surface area contributed by atoms with Crippen molar-refractivity contribution in [1.29, 1.82) is 0 Å². The monoisotopic (exact) mass is 339 g/mol. The Bertz CT molecular complexity index is 598. The zero-order valence-corrected chi connectivity index (χ0v) is 14.2. The Morgan fingerprint density at radius 1 is 1.35 bits per heavy atom. The second-order valence-corrected chi connectivity index (χ2v) is 6.35.